The Labute approximate surface area is 164 Å². The van der Waals surface area contributed by atoms with Crippen LogP contribution in [0.2, 0.25) is 0 Å². The zero-order valence-electron chi connectivity index (χ0n) is 16.2. The number of amides is 1. The molecule has 1 N–H and O–H groups in total. The maximum Gasteiger partial charge on any atom is 0.262 e. The Kier molecular flexibility index (Phi) is 4.42. The summed E-state index contributed by atoms with van der Waals surface area (Å²) < 4.78 is 13.9. The highest BCUT2D eigenvalue weighted by Crippen LogP contribution is 2.37. The first-order valence-corrected chi connectivity index (χ1v) is 9.40. The van der Waals surface area contributed by atoms with Gasteiger partial charge in [-0.15, -0.1) is 0 Å². The molecule has 1 aliphatic heterocycles. The zero-order chi connectivity index (χ0) is 19.9. The minimum absolute atomic E-state index is 0.0250. The maximum absolute atomic E-state index is 13.9. The molecule has 1 atom stereocenters. The summed E-state index contributed by atoms with van der Waals surface area (Å²) in [5, 5.41) is 3.40. The van der Waals surface area contributed by atoms with Gasteiger partial charge in [0.05, 0.1) is 5.56 Å². The van der Waals surface area contributed by atoms with Crippen LogP contribution in [0.25, 0.3) is 0 Å². The van der Waals surface area contributed by atoms with E-state index in [1.54, 1.807) is 11.0 Å². The molecule has 1 aliphatic rings. The Bertz CT molecular complexity index is 1020. The number of carbonyl (C=O) groups is 1. The van der Waals surface area contributed by atoms with Crippen LogP contribution < -0.4 is 10.2 Å². The van der Waals surface area contributed by atoms with Gasteiger partial charge < -0.3 is 5.32 Å². The molecular formula is C24H23FN2O. The Balaban J connectivity index is 1.82. The van der Waals surface area contributed by atoms with E-state index >= 15 is 0 Å². The van der Waals surface area contributed by atoms with E-state index in [1.165, 1.54) is 17.7 Å². The average molecular weight is 374 g/mol. The number of para-hydroxylation sites is 1. The molecule has 1 heterocycles. The maximum atomic E-state index is 13.9. The van der Waals surface area contributed by atoms with Crippen molar-refractivity contribution in [3.8, 4) is 0 Å². The minimum Gasteiger partial charge on any atom is -0.360 e. The van der Waals surface area contributed by atoms with Crippen molar-refractivity contribution in [1.29, 1.82) is 0 Å². The van der Waals surface area contributed by atoms with Crippen molar-refractivity contribution in [1.82, 2.24) is 0 Å². The third-order valence-electron chi connectivity index (χ3n) is 5.10. The normalized spacial score (nSPS) is 16.5. The van der Waals surface area contributed by atoms with Crippen molar-refractivity contribution in [2.24, 2.45) is 0 Å². The number of nitrogens with zero attached hydrogens (tertiary/aromatic N) is 1. The third kappa shape index (κ3) is 3.26. The molecule has 4 heteroatoms. The van der Waals surface area contributed by atoms with E-state index in [4.69, 9.17) is 0 Å². The van der Waals surface area contributed by atoms with Crippen LogP contribution in [0.4, 0.5) is 15.8 Å². The number of anilines is 2. The molecule has 0 aliphatic carbocycles. The van der Waals surface area contributed by atoms with Gasteiger partial charge in [-0.25, -0.2) is 4.39 Å². The number of carbonyl (C=O) groups excluding carboxylic acids is 1. The second-order valence-electron chi connectivity index (χ2n) is 8.12. The molecule has 3 aromatic rings. The lowest BCUT2D eigenvalue weighted by Gasteiger charge is -2.38. The lowest BCUT2D eigenvalue weighted by molar-refractivity contribution is 0.0975. The lowest BCUT2D eigenvalue weighted by Crippen LogP contribution is -2.43. The van der Waals surface area contributed by atoms with E-state index in [-0.39, 0.29) is 17.1 Å². The van der Waals surface area contributed by atoms with Crippen molar-refractivity contribution in [3.63, 3.8) is 0 Å². The average Bonchev–Trinajstić information content (AvgIpc) is 2.67. The molecule has 0 spiro atoms. The first-order chi connectivity index (χ1) is 13.3. The Morgan fingerprint density at radius 1 is 0.929 bits per heavy atom. The second-order valence-corrected chi connectivity index (χ2v) is 8.12. The minimum atomic E-state index is -0.487. The number of halogens is 1. The van der Waals surface area contributed by atoms with Gasteiger partial charge in [-0.1, -0.05) is 57.2 Å². The molecule has 1 unspecified atom stereocenters. The van der Waals surface area contributed by atoms with Crippen molar-refractivity contribution < 1.29 is 9.18 Å². The molecule has 0 aromatic heterocycles. The third-order valence-corrected chi connectivity index (χ3v) is 5.10. The Morgan fingerprint density at radius 3 is 2.32 bits per heavy atom. The summed E-state index contributed by atoms with van der Waals surface area (Å²) in [4.78, 5) is 15.1. The van der Waals surface area contributed by atoms with E-state index in [0.29, 0.717) is 11.1 Å². The van der Waals surface area contributed by atoms with Gasteiger partial charge in [-0.3, -0.25) is 9.69 Å². The number of hydrogen-bond donors (Lipinski definition) is 1. The van der Waals surface area contributed by atoms with Gasteiger partial charge in [0.1, 0.15) is 12.0 Å². The smallest absolute Gasteiger partial charge is 0.262 e. The fraction of sp³-hybridized carbons (Fsp3) is 0.208. The van der Waals surface area contributed by atoms with Gasteiger partial charge in [-0.2, -0.15) is 0 Å². The van der Waals surface area contributed by atoms with Crippen molar-refractivity contribution in [2.75, 3.05) is 10.2 Å². The van der Waals surface area contributed by atoms with Gasteiger partial charge in [0.2, 0.25) is 0 Å². The number of fused-ring (bicyclic) bond motifs is 1. The highest BCUT2D eigenvalue weighted by Gasteiger charge is 2.34. The first kappa shape index (κ1) is 18.2. The monoisotopic (exact) mass is 374 g/mol. The summed E-state index contributed by atoms with van der Waals surface area (Å²) in [6, 6.07) is 21.8. The molecule has 3 nitrogen and oxygen atoms in total. The molecule has 0 radical (unpaired) electrons. The highest BCUT2D eigenvalue weighted by molar-refractivity contribution is 6.12. The fourth-order valence-corrected chi connectivity index (χ4v) is 3.55. The molecule has 0 saturated heterocycles. The molecule has 3 aromatic carbocycles. The van der Waals surface area contributed by atoms with Crippen LogP contribution in [0.5, 0.6) is 0 Å². The fourth-order valence-electron chi connectivity index (χ4n) is 3.55. The molecule has 0 bridgehead atoms. The predicted molar refractivity (Wildman–Crippen MR) is 111 cm³/mol. The van der Waals surface area contributed by atoms with Crippen LogP contribution >= 0.6 is 0 Å². The van der Waals surface area contributed by atoms with Crippen LogP contribution in [0.3, 0.4) is 0 Å². The predicted octanol–water partition coefficient (Wildman–Crippen LogP) is 5.89. The molecule has 28 heavy (non-hydrogen) atoms. The van der Waals surface area contributed by atoms with Crippen LogP contribution in [-0.2, 0) is 5.41 Å². The van der Waals surface area contributed by atoms with Crippen molar-refractivity contribution in [3.05, 3.63) is 95.3 Å². The number of benzene rings is 3. The lowest BCUT2D eigenvalue weighted by atomic mass is 9.87. The number of nitrogens with one attached hydrogen (secondary N) is 1. The van der Waals surface area contributed by atoms with E-state index in [9.17, 15) is 9.18 Å². The van der Waals surface area contributed by atoms with Crippen LogP contribution in [0, 0.1) is 5.82 Å². The second kappa shape index (κ2) is 6.79. The van der Waals surface area contributed by atoms with Crippen LogP contribution in [0.15, 0.2) is 72.8 Å². The number of hydrogen-bond acceptors (Lipinski definition) is 2. The highest BCUT2D eigenvalue weighted by atomic mass is 19.1. The molecule has 1 amide bonds. The Hall–Kier alpha value is -3.14. The molecule has 0 saturated carbocycles. The summed E-state index contributed by atoms with van der Waals surface area (Å²) in [7, 11) is 0. The molecule has 4 rings (SSSR count). The van der Waals surface area contributed by atoms with Gasteiger partial charge >= 0.3 is 0 Å². The van der Waals surface area contributed by atoms with Gasteiger partial charge in [0.15, 0.2) is 0 Å². The van der Waals surface area contributed by atoms with E-state index in [2.05, 4.69) is 26.1 Å². The summed E-state index contributed by atoms with van der Waals surface area (Å²) in [6.45, 7) is 6.46. The van der Waals surface area contributed by atoms with Crippen LogP contribution in [-0.4, -0.2) is 5.91 Å². The van der Waals surface area contributed by atoms with E-state index in [1.807, 2.05) is 54.6 Å². The number of rotatable bonds is 2. The summed E-state index contributed by atoms with van der Waals surface area (Å²) >= 11 is 0. The SMILES string of the molecule is CC(C)(C)c1ccc(N2C(=O)c3ccccc3NC2c2cccc(F)c2)cc1. The Morgan fingerprint density at radius 2 is 1.64 bits per heavy atom. The van der Waals surface area contributed by atoms with Crippen molar-refractivity contribution in [2.45, 2.75) is 32.4 Å². The van der Waals surface area contributed by atoms with Gasteiger partial charge in [0.25, 0.3) is 5.91 Å². The van der Waals surface area contributed by atoms with Crippen LogP contribution in [0.1, 0.15) is 48.4 Å². The van der Waals surface area contributed by atoms with Gasteiger partial charge in [-0.05, 0) is 52.9 Å². The topological polar surface area (TPSA) is 32.3 Å². The summed E-state index contributed by atoms with van der Waals surface area (Å²) in [6.07, 6.45) is -0.487. The zero-order valence-corrected chi connectivity index (χ0v) is 16.2. The van der Waals surface area contributed by atoms with Crippen molar-refractivity contribution >= 4 is 17.3 Å². The van der Waals surface area contributed by atoms with E-state index in [0.717, 1.165) is 11.4 Å². The standard InChI is InChI=1S/C24H23FN2O/c1-24(2,3)17-11-13-19(14-12-17)27-22(16-7-6-8-18(25)15-16)26-21-10-5-4-9-20(21)23(27)28/h4-15,22,26H,1-3H3. The quantitative estimate of drug-likeness (QED) is 0.606. The largest absolute Gasteiger partial charge is 0.360 e. The van der Waals surface area contributed by atoms with Gasteiger partial charge in [0, 0.05) is 11.4 Å². The summed E-state index contributed by atoms with van der Waals surface area (Å²) in [5.41, 5.74) is 4.05. The first-order valence-electron chi connectivity index (χ1n) is 9.40. The molecular weight excluding hydrogens is 351 g/mol. The summed E-state index contributed by atoms with van der Waals surface area (Å²) in [5.74, 6) is -0.430. The molecule has 142 valence electrons. The molecule has 0 fully saturated rings. The van der Waals surface area contributed by atoms with E-state index < -0.39 is 6.17 Å².